The number of rotatable bonds is 17. The Labute approximate surface area is 170 Å². The fourth-order valence-corrected chi connectivity index (χ4v) is 4.05. The molecule has 1 aromatic rings. The molecule has 0 atom stereocenters. The molecule has 0 heterocycles. The summed E-state index contributed by atoms with van der Waals surface area (Å²) in [6.45, 7) is 6.51. The van der Waals surface area contributed by atoms with Gasteiger partial charge in [0.2, 0.25) is 0 Å². The minimum absolute atomic E-state index is 0.230. The normalized spacial score (nSPS) is 11.9. The van der Waals surface area contributed by atoms with Crippen LogP contribution in [0.2, 0.25) is 0 Å². The molecule has 0 bridgehead atoms. The zero-order valence-electron chi connectivity index (χ0n) is 18.7. The monoisotopic (exact) mass is 373 g/mol. The van der Waals surface area contributed by atoms with Gasteiger partial charge in [0.15, 0.2) is 0 Å². The van der Waals surface area contributed by atoms with Crippen molar-refractivity contribution in [1.29, 1.82) is 0 Å². The average Bonchev–Trinajstić information content (AvgIpc) is 2.64. The molecule has 0 fully saturated rings. The van der Waals surface area contributed by atoms with E-state index in [1.165, 1.54) is 114 Å². The molecule has 1 aromatic carbocycles. The van der Waals surface area contributed by atoms with E-state index >= 15 is 0 Å². The van der Waals surface area contributed by atoms with Crippen molar-refractivity contribution in [2.24, 2.45) is 5.73 Å². The highest BCUT2D eigenvalue weighted by atomic mass is 14.7. The van der Waals surface area contributed by atoms with Crippen LogP contribution in [0.25, 0.3) is 0 Å². The standard InChI is InChI=1S/C26H47N/c1-4-5-6-7-8-9-10-11-12-13-14-15-16-17-18-21-24-22-19-20-23-25(24)26(2,3)27/h19-20,22-23H,4-18,21,27H2,1-3H3. The van der Waals surface area contributed by atoms with Gasteiger partial charge < -0.3 is 5.73 Å². The SMILES string of the molecule is CCCCCCCCCCCCCCCCCc1ccccc1C(C)(C)N. The molecule has 0 unspecified atom stereocenters. The molecule has 0 aliphatic rings. The maximum Gasteiger partial charge on any atom is 0.0355 e. The Hall–Kier alpha value is -0.820. The first kappa shape index (κ1) is 24.2. The molecule has 2 N–H and O–H groups in total. The van der Waals surface area contributed by atoms with E-state index in [1.807, 2.05) is 0 Å². The van der Waals surface area contributed by atoms with Crippen LogP contribution < -0.4 is 5.73 Å². The largest absolute Gasteiger partial charge is 0.322 e. The summed E-state index contributed by atoms with van der Waals surface area (Å²) in [5.74, 6) is 0. The van der Waals surface area contributed by atoms with E-state index in [0.717, 1.165) is 0 Å². The summed E-state index contributed by atoms with van der Waals surface area (Å²) < 4.78 is 0. The second kappa shape index (κ2) is 15.1. The molecule has 1 heteroatoms. The van der Waals surface area contributed by atoms with Crippen LogP contribution in [0.15, 0.2) is 24.3 Å². The highest BCUT2D eigenvalue weighted by molar-refractivity contribution is 5.32. The summed E-state index contributed by atoms with van der Waals surface area (Å²) in [6, 6.07) is 8.71. The predicted octanol–water partition coefficient (Wildman–Crippen LogP) is 8.29. The molecule has 0 radical (unpaired) electrons. The van der Waals surface area contributed by atoms with E-state index in [0.29, 0.717) is 0 Å². The molecule has 0 saturated heterocycles. The highest BCUT2D eigenvalue weighted by Gasteiger charge is 2.17. The maximum absolute atomic E-state index is 6.31. The van der Waals surface area contributed by atoms with Crippen LogP contribution in [-0.2, 0) is 12.0 Å². The van der Waals surface area contributed by atoms with Gasteiger partial charge in [-0.05, 0) is 37.8 Å². The number of benzene rings is 1. The Morgan fingerprint density at radius 2 is 1.04 bits per heavy atom. The predicted molar refractivity (Wildman–Crippen MR) is 122 cm³/mol. The molecule has 156 valence electrons. The molecule has 0 spiro atoms. The molecular formula is C26H47N. The molecule has 0 aromatic heterocycles. The summed E-state index contributed by atoms with van der Waals surface area (Å²) >= 11 is 0. The zero-order valence-corrected chi connectivity index (χ0v) is 18.7. The van der Waals surface area contributed by atoms with Gasteiger partial charge in [-0.25, -0.2) is 0 Å². The van der Waals surface area contributed by atoms with Crippen molar-refractivity contribution in [3.8, 4) is 0 Å². The highest BCUT2D eigenvalue weighted by Crippen LogP contribution is 2.23. The first-order valence-electron chi connectivity index (χ1n) is 11.9. The summed E-state index contributed by atoms with van der Waals surface area (Å²) in [7, 11) is 0. The Kier molecular flexibility index (Phi) is 13.6. The van der Waals surface area contributed by atoms with Crippen LogP contribution in [0.5, 0.6) is 0 Å². The topological polar surface area (TPSA) is 26.0 Å². The second-order valence-corrected chi connectivity index (χ2v) is 9.08. The fraction of sp³-hybridized carbons (Fsp3) is 0.769. The molecule has 0 amide bonds. The summed E-state index contributed by atoms with van der Waals surface area (Å²) in [5.41, 5.74) is 8.84. The summed E-state index contributed by atoms with van der Waals surface area (Å²) in [4.78, 5) is 0. The minimum atomic E-state index is -0.230. The molecular weight excluding hydrogens is 326 g/mol. The Morgan fingerprint density at radius 3 is 1.48 bits per heavy atom. The van der Waals surface area contributed by atoms with Crippen molar-refractivity contribution in [2.45, 2.75) is 129 Å². The van der Waals surface area contributed by atoms with E-state index in [-0.39, 0.29) is 5.54 Å². The zero-order chi connectivity index (χ0) is 19.8. The van der Waals surface area contributed by atoms with E-state index in [2.05, 4.69) is 45.0 Å². The number of aryl methyl sites for hydroxylation is 1. The van der Waals surface area contributed by atoms with Crippen molar-refractivity contribution in [1.82, 2.24) is 0 Å². The molecule has 1 rings (SSSR count). The Morgan fingerprint density at radius 1 is 0.630 bits per heavy atom. The van der Waals surface area contributed by atoms with Crippen LogP contribution >= 0.6 is 0 Å². The molecule has 1 nitrogen and oxygen atoms in total. The molecule has 0 saturated carbocycles. The second-order valence-electron chi connectivity index (χ2n) is 9.08. The number of unbranched alkanes of at least 4 members (excludes halogenated alkanes) is 14. The van der Waals surface area contributed by atoms with Crippen molar-refractivity contribution >= 4 is 0 Å². The van der Waals surface area contributed by atoms with Crippen LogP contribution in [0.1, 0.15) is 128 Å². The van der Waals surface area contributed by atoms with Gasteiger partial charge >= 0.3 is 0 Å². The summed E-state index contributed by atoms with van der Waals surface area (Å²) in [6.07, 6.45) is 22.5. The van der Waals surface area contributed by atoms with Gasteiger partial charge in [-0.1, -0.05) is 121 Å². The van der Waals surface area contributed by atoms with Gasteiger partial charge in [0.25, 0.3) is 0 Å². The van der Waals surface area contributed by atoms with E-state index in [9.17, 15) is 0 Å². The number of hydrogen-bond acceptors (Lipinski definition) is 1. The van der Waals surface area contributed by atoms with Gasteiger partial charge in [-0.15, -0.1) is 0 Å². The Balaban J connectivity index is 1.93. The van der Waals surface area contributed by atoms with Crippen molar-refractivity contribution in [3.05, 3.63) is 35.4 Å². The van der Waals surface area contributed by atoms with Crippen LogP contribution in [0.4, 0.5) is 0 Å². The maximum atomic E-state index is 6.31. The minimum Gasteiger partial charge on any atom is -0.322 e. The quantitative estimate of drug-likeness (QED) is 0.273. The smallest absolute Gasteiger partial charge is 0.0355 e. The van der Waals surface area contributed by atoms with Gasteiger partial charge in [-0.3, -0.25) is 0 Å². The first-order valence-corrected chi connectivity index (χ1v) is 11.9. The first-order chi connectivity index (χ1) is 13.1. The van der Waals surface area contributed by atoms with Gasteiger partial charge in [0.05, 0.1) is 0 Å². The van der Waals surface area contributed by atoms with E-state index < -0.39 is 0 Å². The van der Waals surface area contributed by atoms with Crippen LogP contribution in [-0.4, -0.2) is 0 Å². The van der Waals surface area contributed by atoms with Crippen LogP contribution in [0, 0.1) is 0 Å². The third-order valence-corrected chi connectivity index (χ3v) is 5.76. The number of hydrogen-bond donors (Lipinski definition) is 1. The van der Waals surface area contributed by atoms with Crippen molar-refractivity contribution in [3.63, 3.8) is 0 Å². The van der Waals surface area contributed by atoms with Crippen molar-refractivity contribution in [2.75, 3.05) is 0 Å². The van der Waals surface area contributed by atoms with Gasteiger partial charge in [-0.2, -0.15) is 0 Å². The lowest BCUT2D eigenvalue weighted by atomic mass is 9.89. The van der Waals surface area contributed by atoms with Crippen molar-refractivity contribution < 1.29 is 0 Å². The van der Waals surface area contributed by atoms with E-state index in [4.69, 9.17) is 5.73 Å². The lowest BCUT2D eigenvalue weighted by Gasteiger charge is -2.23. The van der Waals surface area contributed by atoms with Gasteiger partial charge in [0.1, 0.15) is 0 Å². The van der Waals surface area contributed by atoms with Gasteiger partial charge in [0, 0.05) is 5.54 Å². The lowest BCUT2D eigenvalue weighted by Crippen LogP contribution is -2.30. The summed E-state index contributed by atoms with van der Waals surface area (Å²) in [5, 5.41) is 0. The third-order valence-electron chi connectivity index (χ3n) is 5.76. The Bertz CT molecular complexity index is 458. The molecule has 0 aliphatic carbocycles. The average molecular weight is 374 g/mol. The van der Waals surface area contributed by atoms with Crippen LogP contribution in [0.3, 0.4) is 0 Å². The molecule has 0 aliphatic heterocycles. The van der Waals surface area contributed by atoms with E-state index in [1.54, 1.807) is 0 Å². The third kappa shape index (κ3) is 12.3. The number of nitrogens with two attached hydrogens (primary N) is 1. The fourth-order valence-electron chi connectivity index (χ4n) is 4.05. The molecule has 27 heavy (non-hydrogen) atoms. The lowest BCUT2D eigenvalue weighted by molar-refractivity contribution is 0.528.